The monoisotopic (exact) mass is 344 g/mol. The summed E-state index contributed by atoms with van der Waals surface area (Å²) >= 11 is 5.11. The summed E-state index contributed by atoms with van der Waals surface area (Å²) in [6.45, 7) is 0. The molecule has 7 nitrogen and oxygen atoms in total. The lowest BCUT2D eigenvalue weighted by Crippen LogP contribution is -2.43. The lowest BCUT2D eigenvalue weighted by molar-refractivity contribution is -0.105. The third kappa shape index (κ3) is 4.68. The summed E-state index contributed by atoms with van der Waals surface area (Å²) in [6, 6.07) is 13.8. The molecular formula is C16H16N4O3S. The highest BCUT2D eigenvalue weighted by Gasteiger charge is 2.10. The Morgan fingerprint density at radius 2 is 1.79 bits per heavy atom. The molecule has 0 aliphatic carbocycles. The van der Waals surface area contributed by atoms with Gasteiger partial charge in [0.05, 0.1) is 18.4 Å². The van der Waals surface area contributed by atoms with Crippen LogP contribution in [0, 0.1) is 0 Å². The van der Waals surface area contributed by atoms with Crippen LogP contribution >= 0.6 is 12.2 Å². The van der Waals surface area contributed by atoms with Crippen LogP contribution in [0.2, 0.25) is 0 Å². The second-order valence-electron chi connectivity index (χ2n) is 4.57. The number of hydrogen-bond acceptors (Lipinski definition) is 4. The molecule has 0 saturated heterocycles. The quantitative estimate of drug-likeness (QED) is 0.376. The van der Waals surface area contributed by atoms with E-state index in [0.717, 1.165) is 11.4 Å². The SMILES string of the molecule is COc1ccc(NC(=S)NNC(=O)c2ccccc2NC=O)cc1. The first-order valence-electron chi connectivity index (χ1n) is 6.94. The lowest BCUT2D eigenvalue weighted by Gasteiger charge is -2.13. The molecule has 2 aromatic rings. The van der Waals surface area contributed by atoms with E-state index in [2.05, 4.69) is 21.5 Å². The number of nitrogens with one attached hydrogen (secondary N) is 4. The molecule has 4 N–H and O–H groups in total. The van der Waals surface area contributed by atoms with Gasteiger partial charge in [-0.2, -0.15) is 0 Å². The van der Waals surface area contributed by atoms with Gasteiger partial charge in [-0.25, -0.2) is 0 Å². The number of hydrogen-bond donors (Lipinski definition) is 4. The molecule has 2 amide bonds. The molecule has 0 heterocycles. The number of methoxy groups -OCH3 is 1. The van der Waals surface area contributed by atoms with Crippen LogP contribution in [0.5, 0.6) is 5.75 Å². The summed E-state index contributed by atoms with van der Waals surface area (Å²) in [5, 5.41) is 5.60. The second kappa shape index (κ2) is 8.49. The molecular weight excluding hydrogens is 328 g/mol. The molecule has 124 valence electrons. The van der Waals surface area contributed by atoms with E-state index in [1.165, 1.54) is 0 Å². The third-order valence-corrected chi connectivity index (χ3v) is 3.23. The molecule has 0 aromatic heterocycles. The van der Waals surface area contributed by atoms with Gasteiger partial charge in [-0.15, -0.1) is 0 Å². The van der Waals surface area contributed by atoms with Crippen LogP contribution in [0.15, 0.2) is 48.5 Å². The van der Waals surface area contributed by atoms with Crippen LogP contribution in [-0.2, 0) is 4.79 Å². The maximum absolute atomic E-state index is 12.1. The number of amides is 2. The van der Waals surface area contributed by atoms with Gasteiger partial charge < -0.3 is 15.4 Å². The van der Waals surface area contributed by atoms with Crippen molar-refractivity contribution in [3.8, 4) is 5.75 Å². The van der Waals surface area contributed by atoms with Crippen molar-refractivity contribution in [2.24, 2.45) is 0 Å². The Bertz CT molecular complexity index is 734. The molecule has 24 heavy (non-hydrogen) atoms. The fourth-order valence-corrected chi connectivity index (χ4v) is 2.06. The Kier molecular flexibility index (Phi) is 6.09. The summed E-state index contributed by atoms with van der Waals surface area (Å²) in [6.07, 6.45) is 0.509. The van der Waals surface area contributed by atoms with Crippen LogP contribution in [-0.4, -0.2) is 24.5 Å². The van der Waals surface area contributed by atoms with Crippen molar-refractivity contribution in [2.75, 3.05) is 17.7 Å². The van der Waals surface area contributed by atoms with Gasteiger partial charge in [0.15, 0.2) is 5.11 Å². The number of rotatable bonds is 5. The molecule has 0 aliphatic rings. The van der Waals surface area contributed by atoms with Crippen LogP contribution in [0.3, 0.4) is 0 Å². The number of hydrazine groups is 1. The minimum Gasteiger partial charge on any atom is -0.497 e. The maximum Gasteiger partial charge on any atom is 0.271 e. The van der Waals surface area contributed by atoms with Gasteiger partial charge in [-0.3, -0.25) is 20.4 Å². The normalized spacial score (nSPS) is 9.54. The molecule has 0 spiro atoms. The Labute approximate surface area is 144 Å². The van der Waals surface area contributed by atoms with Crippen molar-refractivity contribution < 1.29 is 14.3 Å². The number of thiocarbonyl (C=S) groups is 1. The van der Waals surface area contributed by atoms with Crippen molar-refractivity contribution in [1.29, 1.82) is 0 Å². The summed E-state index contributed by atoms with van der Waals surface area (Å²) < 4.78 is 5.07. The number of para-hydroxylation sites is 1. The second-order valence-corrected chi connectivity index (χ2v) is 4.98. The first-order valence-corrected chi connectivity index (χ1v) is 7.35. The van der Waals surface area contributed by atoms with Gasteiger partial charge in [0.1, 0.15) is 5.75 Å². The molecule has 2 aromatic carbocycles. The van der Waals surface area contributed by atoms with E-state index in [1.54, 1.807) is 55.6 Å². The van der Waals surface area contributed by atoms with Crippen molar-refractivity contribution in [3.05, 3.63) is 54.1 Å². The molecule has 8 heteroatoms. The molecule has 0 radical (unpaired) electrons. The molecule has 0 fully saturated rings. The number of benzene rings is 2. The molecule has 0 unspecified atom stereocenters. The maximum atomic E-state index is 12.1. The summed E-state index contributed by atoms with van der Waals surface area (Å²) in [4.78, 5) is 22.7. The first-order chi connectivity index (χ1) is 11.6. The molecule has 0 atom stereocenters. The molecule has 2 rings (SSSR count). The van der Waals surface area contributed by atoms with Gasteiger partial charge in [0.2, 0.25) is 6.41 Å². The van der Waals surface area contributed by atoms with Crippen LogP contribution in [0.1, 0.15) is 10.4 Å². The van der Waals surface area contributed by atoms with Crippen LogP contribution < -0.4 is 26.2 Å². The lowest BCUT2D eigenvalue weighted by atomic mass is 10.1. The largest absolute Gasteiger partial charge is 0.497 e. The molecule has 0 saturated carbocycles. The van der Waals surface area contributed by atoms with Gasteiger partial charge >= 0.3 is 0 Å². The van der Waals surface area contributed by atoms with Gasteiger partial charge in [-0.1, -0.05) is 12.1 Å². The predicted molar refractivity (Wildman–Crippen MR) is 95.9 cm³/mol. The third-order valence-electron chi connectivity index (χ3n) is 3.02. The Morgan fingerprint density at radius 3 is 2.46 bits per heavy atom. The van der Waals surface area contributed by atoms with Crippen molar-refractivity contribution >= 4 is 41.0 Å². The van der Waals surface area contributed by atoms with Gasteiger partial charge in [0.25, 0.3) is 5.91 Å². The Hall–Kier alpha value is -3.13. The van der Waals surface area contributed by atoms with E-state index in [1.807, 2.05) is 0 Å². The first kappa shape index (κ1) is 17.2. The van der Waals surface area contributed by atoms with E-state index in [-0.39, 0.29) is 5.11 Å². The van der Waals surface area contributed by atoms with E-state index in [0.29, 0.717) is 17.7 Å². The van der Waals surface area contributed by atoms with Crippen LogP contribution in [0.4, 0.5) is 11.4 Å². The van der Waals surface area contributed by atoms with Gasteiger partial charge in [0, 0.05) is 5.69 Å². The number of anilines is 2. The van der Waals surface area contributed by atoms with Gasteiger partial charge in [-0.05, 0) is 48.6 Å². The smallest absolute Gasteiger partial charge is 0.271 e. The summed E-state index contributed by atoms with van der Waals surface area (Å²) in [5.74, 6) is 0.297. The Balaban J connectivity index is 1.91. The highest BCUT2D eigenvalue weighted by molar-refractivity contribution is 7.80. The molecule has 0 aliphatic heterocycles. The highest BCUT2D eigenvalue weighted by Crippen LogP contribution is 2.15. The number of carbonyl (C=O) groups is 2. The minimum atomic E-state index is -0.432. The number of carbonyl (C=O) groups excluding carboxylic acids is 2. The summed E-state index contributed by atoms with van der Waals surface area (Å²) in [5.41, 5.74) is 6.52. The van der Waals surface area contributed by atoms with Crippen LogP contribution in [0.25, 0.3) is 0 Å². The zero-order valence-electron chi connectivity index (χ0n) is 12.8. The topological polar surface area (TPSA) is 91.5 Å². The number of ether oxygens (including phenoxy) is 1. The fraction of sp³-hybridized carbons (Fsp3) is 0.0625. The zero-order chi connectivity index (χ0) is 17.4. The molecule has 0 bridgehead atoms. The van der Waals surface area contributed by atoms with E-state index >= 15 is 0 Å². The van der Waals surface area contributed by atoms with E-state index < -0.39 is 5.91 Å². The van der Waals surface area contributed by atoms with Crippen molar-refractivity contribution in [3.63, 3.8) is 0 Å². The van der Waals surface area contributed by atoms with E-state index in [9.17, 15) is 9.59 Å². The Morgan fingerprint density at radius 1 is 1.08 bits per heavy atom. The average molecular weight is 344 g/mol. The van der Waals surface area contributed by atoms with E-state index in [4.69, 9.17) is 17.0 Å². The zero-order valence-corrected chi connectivity index (χ0v) is 13.6. The summed E-state index contributed by atoms with van der Waals surface area (Å²) in [7, 11) is 1.58. The standard InChI is InChI=1S/C16H16N4O3S/c1-23-12-8-6-11(7-9-12)18-16(24)20-19-15(22)13-4-2-3-5-14(13)17-10-21/h2-10H,1H3,(H,17,21)(H,19,22)(H2,18,20,24). The fourth-order valence-electron chi connectivity index (χ4n) is 1.89. The van der Waals surface area contributed by atoms with Crippen molar-refractivity contribution in [2.45, 2.75) is 0 Å². The highest BCUT2D eigenvalue weighted by atomic mass is 32.1. The minimum absolute atomic E-state index is 0.217. The van der Waals surface area contributed by atoms with Crippen molar-refractivity contribution in [1.82, 2.24) is 10.9 Å². The average Bonchev–Trinajstić information content (AvgIpc) is 2.61. The predicted octanol–water partition coefficient (Wildman–Crippen LogP) is 1.89.